The quantitative estimate of drug-likeness (QED) is 0.471. The van der Waals surface area contributed by atoms with Crippen LogP contribution in [0.2, 0.25) is 0 Å². The van der Waals surface area contributed by atoms with Gasteiger partial charge in [0.2, 0.25) is 11.8 Å². The summed E-state index contributed by atoms with van der Waals surface area (Å²) in [4.78, 5) is 33.2. The van der Waals surface area contributed by atoms with Crippen molar-refractivity contribution in [2.45, 2.75) is 51.2 Å². The normalized spacial score (nSPS) is 17.9. The van der Waals surface area contributed by atoms with Crippen molar-refractivity contribution in [2.24, 2.45) is 0 Å². The molecular weight excluding hydrogens is 482 g/mol. The monoisotopic (exact) mass is 517 g/mol. The van der Waals surface area contributed by atoms with Gasteiger partial charge in [0, 0.05) is 50.5 Å². The van der Waals surface area contributed by atoms with Crippen LogP contribution in [0.1, 0.15) is 62.0 Å². The maximum atomic E-state index is 12.6. The smallest absolute Gasteiger partial charge is 0.247 e. The van der Waals surface area contributed by atoms with Crippen LogP contribution in [0.25, 0.3) is 0 Å². The van der Waals surface area contributed by atoms with Crippen LogP contribution in [0.15, 0.2) is 43.0 Å². The molecule has 2 amide bonds. The summed E-state index contributed by atoms with van der Waals surface area (Å²) >= 11 is 0. The number of anilines is 2. The lowest BCUT2D eigenvalue weighted by molar-refractivity contribution is -0.134. The standard InChI is InChI=1S/C29H35N5O4/c1-5-26(35)31-24-8-6-7-22(15-24)20(3)38-25-16-23(17-30)29(32-28(25)21-9-10-21)33-12-13-34(19(2)18-33)27(36)11-14-37-4/h5-8,15-16,19-21H,1,9-14,18H2,2-4H3,(H,31,35). The van der Waals surface area contributed by atoms with Crippen LogP contribution >= 0.6 is 0 Å². The number of hydrogen-bond acceptors (Lipinski definition) is 7. The molecule has 9 heteroatoms. The van der Waals surface area contributed by atoms with Crippen molar-refractivity contribution in [1.29, 1.82) is 5.26 Å². The molecule has 2 aromatic rings. The van der Waals surface area contributed by atoms with E-state index >= 15 is 0 Å². The molecule has 1 N–H and O–H groups in total. The average molecular weight is 518 g/mol. The first-order valence-corrected chi connectivity index (χ1v) is 13.0. The lowest BCUT2D eigenvalue weighted by Gasteiger charge is -2.41. The second-order valence-electron chi connectivity index (χ2n) is 9.83. The van der Waals surface area contributed by atoms with Gasteiger partial charge in [-0.25, -0.2) is 4.98 Å². The number of carbonyl (C=O) groups excluding carboxylic acids is 2. The molecule has 1 aromatic carbocycles. The lowest BCUT2D eigenvalue weighted by atomic mass is 10.1. The van der Waals surface area contributed by atoms with Gasteiger partial charge in [0.25, 0.3) is 0 Å². The molecule has 2 heterocycles. The maximum Gasteiger partial charge on any atom is 0.247 e. The number of benzene rings is 1. The van der Waals surface area contributed by atoms with E-state index in [4.69, 9.17) is 14.5 Å². The molecule has 2 atom stereocenters. The maximum absolute atomic E-state index is 12.6. The van der Waals surface area contributed by atoms with Crippen LogP contribution in [-0.2, 0) is 14.3 Å². The molecule has 2 fully saturated rings. The van der Waals surface area contributed by atoms with Crippen molar-refractivity contribution in [3.63, 3.8) is 0 Å². The highest BCUT2D eigenvalue weighted by Crippen LogP contribution is 2.45. The van der Waals surface area contributed by atoms with Crippen LogP contribution < -0.4 is 15.0 Å². The Bertz CT molecular complexity index is 1240. The number of nitrogens with one attached hydrogen (secondary N) is 1. The van der Waals surface area contributed by atoms with Crippen molar-refractivity contribution in [2.75, 3.05) is 43.6 Å². The second kappa shape index (κ2) is 12.1. The van der Waals surface area contributed by atoms with Gasteiger partial charge in [-0.2, -0.15) is 5.26 Å². The molecule has 38 heavy (non-hydrogen) atoms. The summed E-state index contributed by atoms with van der Waals surface area (Å²) in [5.74, 6) is 1.37. The fourth-order valence-corrected chi connectivity index (χ4v) is 4.74. The molecule has 1 aliphatic carbocycles. The fourth-order valence-electron chi connectivity index (χ4n) is 4.74. The summed E-state index contributed by atoms with van der Waals surface area (Å²) in [7, 11) is 1.59. The highest BCUT2D eigenvalue weighted by Gasteiger charge is 2.33. The van der Waals surface area contributed by atoms with Gasteiger partial charge in [-0.3, -0.25) is 9.59 Å². The molecule has 1 saturated carbocycles. The highest BCUT2D eigenvalue weighted by molar-refractivity contribution is 5.98. The average Bonchev–Trinajstić information content (AvgIpc) is 3.77. The minimum Gasteiger partial charge on any atom is -0.484 e. The van der Waals surface area contributed by atoms with Crippen LogP contribution in [0.5, 0.6) is 5.75 Å². The molecule has 0 spiro atoms. The Morgan fingerprint density at radius 2 is 2.11 bits per heavy atom. The Balaban J connectivity index is 1.54. The van der Waals surface area contributed by atoms with E-state index in [2.05, 4.69) is 22.9 Å². The molecule has 1 saturated heterocycles. The number of ether oxygens (including phenoxy) is 2. The van der Waals surface area contributed by atoms with Gasteiger partial charge in [-0.1, -0.05) is 18.7 Å². The van der Waals surface area contributed by atoms with Crippen molar-refractivity contribution in [3.05, 3.63) is 59.8 Å². The number of amides is 2. The van der Waals surface area contributed by atoms with Crippen LogP contribution in [0.4, 0.5) is 11.5 Å². The Morgan fingerprint density at radius 3 is 2.76 bits per heavy atom. The van der Waals surface area contributed by atoms with E-state index in [9.17, 15) is 14.9 Å². The zero-order valence-corrected chi connectivity index (χ0v) is 22.3. The van der Waals surface area contributed by atoms with Gasteiger partial charge in [0.15, 0.2) is 0 Å². The number of carbonyl (C=O) groups is 2. The first-order valence-electron chi connectivity index (χ1n) is 13.0. The number of nitriles is 1. The Morgan fingerprint density at radius 1 is 1.32 bits per heavy atom. The Labute approximate surface area is 224 Å². The van der Waals surface area contributed by atoms with Crippen LogP contribution in [0.3, 0.4) is 0 Å². The number of piperazine rings is 1. The van der Waals surface area contributed by atoms with Crippen LogP contribution in [-0.4, -0.2) is 61.1 Å². The number of methoxy groups -OCH3 is 1. The van der Waals surface area contributed by atoms with Crippen molar-refractivity contribution < 1.29 is 19.1 Å². The lowest BCUT2D eigenvalue weighted by Crippen LogP contribution is -2.54. The van der Waals surface area contributed by atoms with Crippen LogP contribution in [0, 0.1) is 11.3 Å². The largest absolute Gasteiger partial charge is 0.484 e. The molecule has 200 valence electrons. The highest BCUT2D eigenvalue weighted by atomic mass is 16.5. The van der Waals surface area contributed by atoms with E-state index < -0.39 is 0 Å². The number of nitrogens with zero attached hydrogens (tertiary/aromatic N) is 4. The van der Waals surface area contributed by atoms with Crippen molar-refractivity contribution >= 4 is 23.3 Å². The minimum absolute atomic E-state index is 0.00405. The summed E-state index contributed by atoms with van der Waals surface area (Å²) in [6.07, 6.45) is 3.33. The summed E-state index contributed by atoms with van der Waals surface area (Å²) in [6, 6.07) is 11.6. The Hall–Kier alpha value is -3.90. The number of rotatable bonds is 10. The summed E-state index contributed by atoms with van der Waals surface area (Å²) in [6.45, 7) is 9.64. The Kier molecular flexibility index (Phi) is 8.64. The number of aromatic nitrogens is 1. The summed E-state index contributed by atoms with van der Waals surface area (Å²) < 4.78 is 11.4. The van der Waals surface area contributed by atoms with E-state index in [1.165, 1.54) is 6.08 Å². The van der Waals surface area contributed by atoms with Crippen molar-refractivity contribution in [1.82, 2.24) is 9.88 Å². The summed E-state index contributed by atoms with van der Waals surface area (Å²) in [5.41, 5.74) is 2.87. The first-order chi connectivity index (χ1) is 18.3. The van der Waals surface area contributed by atoms with Gasteiger partial charge in [0.1, 0.15) is 23.7 Å². The van der Waals surface area contributed by atoms with Crippen molar-refractivity contribution in [3.8, 4) is 11.8 Å². The molecule has 2 unspecified atom stereocenters. The minimum atomic E-state index is -0.325. The second-order valence-corrected chi connectivity index (χ2v) is 9.83. The zero-order valence-electron chi connectivity index (χ0n) is 22.3. The molecule has 0 bridgehead atoms. The third-order valence-corrected chi connectivity index (χ3v) is 6.96. The third kappa shape index (κ3) is 6.32. The molecule has 0 radical (unpaired) electrons. The van der Waals surface area contributed by atoms with Gasteiger partial charge in [-0.05, 0) is 50.5 Å². The fraction of sp³-hybridized carbons (Fsp3) is 0.448. The van der Waals surface area contributed by atoms with Gasteiger partial charge in [0.05, 0.1) is 24.3 Å². The first kappa shape index (κ1) is 27.1. The molecular formula is C29H35N5O4. The molecule has 1 aromatic heterocycles. The summed E-state index contributed by atoms with van der Waals surface area (Å²) in [5, 5.41) is 12.8. The molecule has 2 aliphatic rings. The van der Waals surface area contributed by atoms with Gasteiger partial charge in [-0.15, -0.1) is 0 Å². The van der Waals surface area contributed by atoms with E-state index in [0.29, 0.717) is 61.4 Å². The zero-order chi connectivity index (χ0) is 27.2. The molecule has 1 aliphatic heterocycles. The van der Waals surface area contributed by atoms with E-state index in [1.54, 1.807) is 13.2 Å². The van der Waals surface area contributed by atoms with E-state index in [-0.39, 0.29) is 24.0 Å². The van der Waals surface area contributed by atoms with Gasteiger partial charge < -0.3 is 24.6 Å². The third-order valence-electron chi connectivity index (χ3n) is 6.96. The number of pyridine rings is 1. The van der Waals surface area contributed by atoms with E-state index in [1.807, 2.05) is 43.0 Å². The predicted octanol–water partition coefficient (Wildman–Crippen LogP) is 4.17. The van der Waals surface area contributed by atoms with E-state index in [0.717, 1.165) is 24.1 Å². The number of hydrogen-bond donors (Lipinski definition) is 1. The topological polar surface area (TPSA) is 108 Å². The van der Waals surface area contributed by atoms with Gasteiger partial charge >= 0.3 is 0 Å². The molecule has 9 nitrogen and oxygen atoms in total. The predicted molar refractivity (Wildman–Crippen MR) is 145 cm³/mol. The SMILES string of the molecule is C=CC(=O)Nc1cccc(C(C)Oc2cc(C#N)c(N3CCN(C(=O)CCOC)C(C)C3)nc2C2CC2)c1. The molecule has 4 rings (SSSR count).